The normalized spacial score (nSPS) is 10.8. The maximum absolute atomic E-state index is 10.9. The zero-order valence-corrected chi connectivity index (χ0v) is 12.9. The number of hydrogen-bond donors (Lipinski definition) is 1. The number of anilines is 1. The van der Waals surface area contributed by atoms with Crippen LogP contribution >= 0.6 is 11.8 Å². The van der Waals surface area contributed by atoms with E-state index in [1.165, 1.54) is 11.6 Å². The quantitative estimate of drug-likeness (QED) is 0.379. The fraction of sp³-hybridized carbons (Fsp3) is 0.250. The molecule has 4 nitrogen and oxygen atoms in total. The van der Waals surface area contributed by atoms with Gasteiger partial charge in [-0.05, 0) is 29.2 Å². The van der Waals surface area contributed by atoms with Crippen molar-refractivity contribution in [3.05, 3.63) is 63.7 Å². The summed E-state index contributed by atoms with van der Waals surface area (Å²) in [7, 11) is 0. The Morgan fingerprint density at radius 3 is 2.43 bits per heavy atom. The summed E-state index contributed by atoms with van der Waals surface area (Å²) in [6.45, 7) is 4.32. The van der Waals surface area contributed by atoms with Gasteiger partial charge in [-0.2, -0.15) is 0 Å². The monoisotopic (exact) mass is 302 g/mol. The Bertz CT molecular complexity index is 639. The second-order valence-corrected chi connectivity index (χ2v) is 6.17. The summed E-state index contributed by atoms with van der Waals surface area (Å²) in [5, 5.41) is 10.9. The lowest BCUT2D eigenvalue weighted by molar-refractivity contribution is -0.383. The number of thioether (sulfide) groups is 1. The minimum absolute atomic E-state index is 0.0248. The average molecular weight is 302 g/mol. The first kappa shape index (κ1) is 15.4. The smallest absolute Gasteiger partial charge is 0.292 e. The molecule has 0 atom stereocenters. The topological polar surface area (TPSA) is 69.2 Å². The van der Waals surface area contributed by atoms with Crippen molar-refractivity contribution < 1.29 is 4.92 Å². The summed E-state index contributed by atoms with van der Waals surface area (Å²) in [5.41, 5.74) is 8.18. The van der Waals surface area contributed by atoms with Crippen LogP contribution in [0.4, 0.5) is 11.4 Å². The molecule has 21 heavy (non-hydrogen) atoms. The Morgan fingerprint density at radius 1 is 1.19 bits per heavy atom. The average Bonchev–Trinajstić information content (AvgIpc) is 2.46. The predicted octanol–water partition coefficient (Wildman–Crippen LogP) is 4.59. The van der Waals surface area contributed by atoms with Crippen molar-refractivity contribution in [2.45, 2.75) is 30.4 Å². The SMILES string of the molecule is CC(C)c1ccc(SCc2cccc([N+](=O)[O-])c2N)cc1. The number of nitro benzene ring substituents is 1. The molecule has 0 unspecified atom stereocenters. The van der Waals surface area contributed by atoms with Gasteiger partial charge in [0, 0.05) is 16.7 Å². The lowest BCUT2D eigenvalue weighted by atomic mass is 10.0. The number of nitrogens with two attached hydrogens (primary N) is 1. The van der Waals surface area contributed by atoms with Crippen molar-refractivity contribution in [3.63, 3.8) is 0 Å². The largest absolute Gasteiger partial charge is 0.393 e. The van der Waals surface area contributed by atoms with Crippen molar-refractivity contribution in [1.82, 2.24) is 0 Å². The maximum atomic E-state index is 10.9. The van der Waals surface area contributed by atoms with Gasteiger partial charge >= 0.3 is 0 Å². The molecule has 0 aromatic heterocycles. The van der Waals surface area contributed by atoms with Crippen LogP contribution in [0.1, 0.15) is 30.9 Å². The molecule has 0 aliphatic carbocycles. The van der Waals surface area contributed by atoms with Gasteiger partial charge in [-0.15, -0.1) is 11.8 Å². The molecule has 2 N–H and O–H groups in total. The van der Waals surface area contributed by atoms with Gasteiger partial charge in [0.25, 0.3) is 5.69 Å². The van der Waals surface area contributed by atoms with Crippen LogP contribution in [0, 0.1) is 10.1 Å². The first-order valence-corrected chi connectivity index (χ1v) is 7.72. The van der Waals surface area contributed by atoms with Crippen LogP contribution in [0.5, 0.6) is 0 Å². The third kappa shape index (κ3) is 3.76. The zero-order chi connectivity index (χ0) is 15.4. The summed E-state index contributed by atoms with van der Waals surface area (Å²) in [4.78, 5) is 11.6. The van der Waals surface area contributed by atoms with Crippen LogP contribution < -0.4 is 5.73 Å². The predicted molar refractivity (Wildman–Crippen MR) is 87.6 cm³/mol. The molecular formula is C16H18N2O2S. The minimum Gasteiger partial charge on any atom is -0.393 e. The van der Waals surface area contributed by atoms with Crippen LogP contribution in [0.2, 0.25) is 0 Å². The fourth-order valence-electron chi connectivity index (χ4n) is 1.99. The number of rotatable bonds is 5. The highest BCUT2D eigenvalue weighted by molar-refractivity contribution is 7.98. The summed E-state index contributed by atoms with van der Waals surface area (Å²) in [5.74, 6) is 1.13. The van der Waals surface area contributed by atoms with E-state index in [1.54, 1.807) is 17.8 Å². The van der Waals surface area contributed by atoms with E-state index in [9.17, 15) is 10.1 Å². The van der Waals surface area contributed by atoms with E-state index in [-0.39, 0.29) is 11.4 Å². The molecule has 0 saturated heterocycles. The lowest BCUT2D eigenvalue weighted by Gasteiger charge is -2.08. The molecule has 0 spiro atoms. The molecule has 0 amide bonds. The van der Waals surface area contributed by atoms with E-state index in [0.717, 1.165) is 10.5 Å². The Labute approximate surface area is 128 Å². The molecule has 0 saturated carbocycles. The summed E-state index contributed by atoms with van der Waals surface area (Å²) >= 11 is 1.63. The van der Waals surface area contributed by atoms with Crippen LogP contribution in [0.3, 0.4) is 0 Å². The standard InChI is InChI=1S/C16H18N2O2S/c1-11(2)12-6-8-14(9-7-12)21-10-13-4-3-5-15(16(13)17)18(19)20/h3-9,11H,10,17H2,1-2H3. The van der Waals surface area contributed by atoms with Gasteiger partial charge < -0.3 is 5.73 Å². The molecular weight excluding hydrogens is 284 g/mol. The molecule has 0 bridgehead atoms. The first-order chi connectivity index (χ1) is 9.99. The highest BCUT2D eigenvalue weighted by Crippen LogP contribution is 2.31. The molecule has 0 aliphatic rings. The van der Waals surface area contributed by atoms with Crippen LogP contribution in [0.25, 0.3) is 0 Å². The van der Waals surface area contributed by atoms with Crippen molar-refractivity contribution >= 4 is 23.1 Å². The van der Waals surface area contributed by atoms with Gasteiger partial charge in [0.2, 0.25) is 0 Å². The number of nitrogens with zero attached hydrogens (tertiary/aromatic N) is 1. The van der Waals surface area contributed by atoms with E-state index in [2.05, 4.69) is 38.1 Å². The molecule has 110 valence electrons. The third-order valence-electron chi connectivity index (χ3n) is 3.31. The van der Waals surface area contributed by atoms with E-state index in [0.29, 0.717) is 11.7 Å². The van der Waals surface area contributed by atoms with Gasteiger partial charge in [0.05, 0.1) is 4.92 Å². The highest BCUT2D eigenvalue weighted by Gasteiger charge is 2.14. The van der Waals surface area contributed by atoms with E-state index < -0.39 is 4.92 Å². The molecule has 2 aromatic carbocycles. The summed E-state index contributed by atoms with van der Waals surface area (Å²) in [6, 6.07) is 13.3. The Hall–Kier alpha value is -2.01. The highest BCUT2D eigenvalue weighted by atomic mass is 32.2. The molecule has 0 radical (unpaired) electrons. The second-order valence-electron chi connectivity index (χ2n) is 5.12. The van der Waals surface area contributed by atoms with Crippen molar-refractivity contribution in [2.24, 2.45) is 0 Å². The van der Waals surface area contributed by atoms with Gasteiger partial charge in [-0.3, -0.25) is 10.1 Å². The number of nitrogen functional groups attached to an aromatic ring is 1. The summed E-state index contributed by atoms with van der Waals surface area (Å²) < 4.78 is 0. The summed E-state index contributed by atoms with van der Waals surface area (Å²) in [6.07, 6.45) is 0. The van der Waals surface area contributed by atoms with Gasteiger partial charge in [0.1, 0.15) is 5.69 Å². The van der Waals surface area contributed by atoms with Crippen molar-refractivity contribution in [2.75, 3.05) is 5.73 Å². The maximum Gasteiger partial charge on any atom is 0.292 e. The van der Waals surface area contributed by atoms with E-state index >= 15 is 0 Å². The Kier molecular flexibility index (Phi) is 4.85. The number of nitro groups is 1. The Morgan fingerprint density at radius 2 is 1.86 bits per heavy atom. The Balaban J connectivity index is 2.09. The number of benzene rings is 2. The molecule has 0 heterocycles. The van der Waals surface area contributed by atoms with Gasteiger partial charge in [0.15, 0.2) is 0 Å². The zero-order valence-electron chi connectivity index (χ0n) is 12.1. The van der Waals surface area contributed by atoms with Crippen molar-refractivity contribution in [1.29, 1.82) is 0 Å². The second kappa shape index (κ2) is 6.63. The first-order valence-electron chi connectivity index (χ1n) is 6.73. The van der Waals surface area contributed by atoms with Crippen LogP contribution in [-0.4, -0.2) is 4.92 Å². The third-order valence-corrected chi connectivity index (χ3v) is 4.37. The molecule has 0 fully saturated rings. The van der Waals surface area contributed by atoms with Crippen LogP contribution in [0.15, 0.2) is 47.4 Å². The van der Waals surface area contributed by atoms with E-state index in [4.69, 9.17) is 5.73 Å². The molecule has 2 rings (SSSR count). The molecule has 5 heteroatoms. The molecule has 2 aromatic rings. The number of hydrogen-bond acceptors (Lipinski definition) is 4. The minimum atomic E-state index is -0.444. The molecule has 0 aliphatic heterocycles. The van der Waals surface area contributed by atoms with E-state index in [1.807, 2.05) is 6.07 Å². The number of para-hydroxylation sites is 1. The fourth-order valence-corrected chi connectivity index (χ4v) is 2.90. The van der Waals surface area contributed by atoms with Gasteiger partial charge in [-0.25, -0.2) is 0 Å². The van der Waals surface area contributed by atoms with Crippen molar-refractivity contribution in [3.8, 4) is 0 Å². The van der Waals surface area contributed by atoms with Gasteiger partial charge in [-0.1, -0.05) is 38.1 Å². The van der Waals surface area contributed by atoms with Crippen LogP contribution in [-0.2, 0) is 5.75 Å². The lowest BCUT2D eigenvalue weighted by Crippen LogP contribution is -1.99.